The number of fused-ring (bicyclic) bond motifs is 1. The number of piperidine rings is 1. The maximum atomic E-state index is 12.9. The van der Waals surface area contributed by atoms with Gasteiger partial charge in [0.2, 0.25) is 0 Å². The molecule has 2 heterocycles. The average molecular weight is 399 g/mol. The van der Waals surface area contributed by atoms with Gasteiger partial charge in [0.25, 0.3) is 0 Å². The molecule has 2 aromatic carbocycles. The third-order valence-electron chi connectivity index (χ3n) is 5.95. The van der Waals surface area contributed by atoms with Crippen molar-refractivity contribution in [2.75, 3.05) is 13.1 Å². The highest BCUT2D eigenvalue weighted by Gasteiger charge is 2.24. The van der Waals surface area contributed by atoms with E-state index in [4.69, 9.17) is 16.0 Å². The van der Waals surface area contributed by atoms with Gasteiger partial charge in [0.05, 0.1) is 24.2 Å². The molecule has 0 aliphatic carbocycles. The van der Waals surface area contributed by atoms with Crippen LogP contribution < -0.4 is 10.5 Å². The van der Waals surface area contributed by atoms with Crippen LogP contribution in [0.3, 0.4) is 0 Å². The molecule has 28 heavy (non-hydrogen) atoms. The maximum Gasteiger partial charge on any atom is 0.344 e. The van der Waals surface area contributed by atoms with Crippen LogP contribution in [-0.4, -0.2) is 18.2 Å². The van der Waals surface area contributed by atoms with E-state index in [-0.39, 0.29) is 11.4 Å². The minimum atomic E-state index is -0.388. The van der Waals surface area contributed by atoms with Crippen molar-refractivity contribution in [2.24, 2.45) is 5.92 Å². The molecule has 0 atom stereocenters. The quantitative estimate of drug-likeness (QED) is 0.657. The largest absolute Gasteiger partial charge is 0.507 e. The van der Waals surface area contributed by atoms with Crippen LogP contribution in [-0.2, 0) is 6.54 Å². The minimum absolute atomic E-state index is 0.195. The molecule has 0 unspecified atom stereocenters. The average Bonchev–Trinajstić information content (AvgIpc) is 2.67. The number of phenols is 1. The Morgan fingerprint density at radius 3 is 2.50 bits per heavy atom. The fourth-order valence-corrected chi connectivity index (χ4v) is 4.31. The molecule has 0 amide bonds. The van der Waals surface area contributed by atoms with Crippen LogP contribution in [0.4, 0.5) is 0 Å². The number of aromatic hydroxyl groups is 1. The highest BCUT2D eigenvalue weighted by molar-refractivity contribution is 6.30. The van der Waals surface area contributed by atoms with Crippen molar-refractivity contribution in [2.45, 2.75) is 33.2 Å². The lowest BCUT2D eigenvalue weighted by molar-refractivity contribution is -0.919. The predicted molar refractivity (Wildman–Crippen MR) is 112 cm³/mol. The number of phenolic OH excluding ortho intramolecular Hbond substituents is 1. The Morgan fingerprint density at radius 2 is 1.82 bits per heavy atom. The standard InChI is InChI=1S/C23H24ClNO3/c1-14-9-11-25(12-10-14)13-19-20(26)8-7-18-15(2)21(23(27)28-22(18)19)16-3-5-17(24)6-4-16/h3-8,14,26H,9-13H2,1-2H3/p+1. The third-order valence-corrected chi connectivity index (χ3v) is 6.21. The Labute approximate surface area is 169 Å². The molecule has 0 saturated carbocycles. The smallest absolute Gasteiger partial charge is 0.344 e. The van der Waals surface area contributed by atoms with Crippen LogP contribution in [0.5, 0.6) is 5.75 Å². The first-order valence-corrected chi connectivity index (χ1v) is 10.2. The molecule has 4 rings (SSSR count). The van der Waals surface area contributed by atoms with Gasteiger partial charge >= 0.3 is 5.63 Å². The third kappa shape index (κ3) is 3.54. The normalized spacial score (nSPS) is 19.8. The summed E-state index contributed by atoms with van der Waals surface area (Å²) < 4.78 is 5.77. The molecule has 3 aromatic rings. The molecule has 1 aromatic heterocycles. The number of aryl methyl sites for hydroxylation is 1. The number of benzene rings is 2. The number of likely N-dealkylation sites (tertiary alicyclic amines) is 1. The van der Waals surface area contributed by atoms with E-state index in [9.17, 15) is 9.90 Å². The van der Waals surface area contributed by atoms with Gasteiger partial charge in [-0.3, -0.25) is 0 Å². The second-order valence-corrected chi connectivity index (χ2v) is 8.38. The van der Waals surface area contributed by atoms with Gasteiger partial charge in [-0.15, -0.1) is 0 Å². The van der Waals surface area contributed by atoms with Crippen LogP contribution in [0.15, 0.2) is 45.6 Å². The van der Waals surface area contributed by atoms with Crippen molar-refractivity contribution >= 4 is 22.6 Å². The molecule has 1 aliphatic heterocycles. The summed E-state index contributed by atoms with van der Waals surface area (Å²) in [4.78, 5) is 14.3. The highest BCUT2D eigenvalue weighted by atomic mass is 35.5. The zero-order valence-corrected chi connectivity index (χ0v) is 17.0. The summed E-state index contributed by atoms with van der Waals surface area (Å²) in [5.74, 6) is 0.951. The first-order valence-electron chi connectivity index (χ1n) is 9.82. The van der Waals surface area contributed by atoms with Crippen LogP contribution >= 0.6 is 11.6 Å². The number of hydrogen-bond donors (Lipinski definition) is 2. The number of quaternary nitrogens is 1. The van der Waals surface area contributed by atoms with Crippen LogP contribution in [0.1, 0.15) is 30.9 Å². The molecular weight excluding hydrogens is 374 g/mol. The molecule has 1 fully saturated rings. The predicted octanol–water partition coefficient (Wildman–Crippen LogP) is 3.94. The number of halogens is 1. The van der Waals surface area contributed by atoms with E-state index < -0.39 is 0 Å². The van der Waals surface area contributed by atoms with Crippen molar-refractivity contribution in [3.63, 3.8) is 0 Å². The Bertz CT molecular complexity index is 1060. The maximum absolute atomic E-state index is 12.9. The Kier molecular flexibility index (Phi) is 5.17. The molecule has 5 heteroatoms. The summed E-state index contributed by atoms with van der Waals surface area (Å²) >= 11 is 5.98. The second kappa shape index (κ2) is 7.61. The molecule has 4 nitrogen and oxygen atoms in total. The number of rotatable bonds is 3. The monoisotopic (exact) mass is 398 g/mol. The Hall–Kier alpha value is -2.30. The van der Waals surface area contributed by atoms with Gasteiger partial charge in [0.1, 0.15) is 12.3 Å². The number of hydrogen-bond acceptors (Lipinski definition) is 3. The second-order valence-electron chi connectivity index (χ2n) is 7.95. The van der Waals surface area contributed by atoms with E-state index in [0.29, 0.717) is 22.7 Å². The lowest BCUT2D eigenvalue weighted by Gasteiger charge is -2.27. The van der Waals surface area contributed by atoms with E-state index >= 15 is 0 Å². The zero-order valence-electron chi connectivity index (χ0n) is 16.2. The fraction of sp³-hybridized carbons (Fsp3) is 0.348. The Balaban J connectivity index is 1.81. The summed E-state index contributed by atoms with van der Waals surface area (Å²) in [7, 11) is 0. The molecule has 1 aliphatic rings. The fourth-order valence-electron chi connectivity index (χ4n) is 4.18. The van der Waals surface area contributed by atoms with E-state index in [1.54, 1.807) is 18.2 Å². The van der Waals surface area contributed by atoms with Gasteiger partial charge < -0.3 is 14.4 Å². The van der Waals surface area contributed by atoms with Crippen LogP contribution in [0.2, 0.25) is 5.02 Å². The Morgan fingerprint density at radius 1 is 1.14 bits per heavy atom. The molecule has 0 spiro atoms. The van der Waals surface area contributed by atoms with Crippen molar-refractivity contribution in [3.05, 3.63) is 63.0 Å². The van der Waals surface area contributed by atoms with E-state index in [1.807, 2.05) is 25.1 Å². The lowest BCUT2D eigenvalue weighted by atomic mass is 9.96. The summed E-state index contributed by atoms with van der Waals surface area (Å²) in [6.45, 7) is 7.02. The summed E-state index contributed by atoms with van der Waals surface area (Å²) in [5, 5.41) is 12.0. The van der Waals surface area contributed by atoms with Gasteiger partial charge in [0.15, 0.2) is 5.58 Å². The summed E-state index contributed by atoms with van der Waals surface area (Å²) in [6.07, 6.45) is 2.37. The van der Waals surface area contributed by atoms with Crippen LogP contribution in [0, 0.1) is 12.8 Å². The highest BCUT2D eigenvalue weighted by Crippen LogP contribution is 2.32. The topological polar surface area (TPSA) is 54.9 Å². The van der Waals surface area contributed by atoms with Gasteiger partial charge in [-0.05, 0) is 61.1 Å². The molecule has 146 valence electrons. The molecule has 0 bridgehead atoms. The minimum Gasteiger partial charge on any atom is -0.507 e. The van der Waals surface area contributed by atoms with Gasteiger partial charge in [-0.1, -0.05) is 30.7 Å². The first-order chi connectivity index (χ1) is 13.4. The first kappa shape index (κ1) is 19.0. The van der Waals surface area contributed by atoms with Crippen molar-refractivity contribution in [1.29, 1.82) is 0 Å². The van der Waals surface area contributed by atoms with E-state index in [0.717, 1.165) is 41.1 Å². The van der Waals surface area contributed by atoms with Crippen LogP contribution in [0.25, 0.3) is 22.1 Å². The van der Waals surface area contributed by atoms with E-state index in [2.05, 4.69) is 6.92 Å². The molecule has 2 N–H and O–H groups in total. The van der Waals surface area contributed by atoms with Gasteiger partial charge in [0, 0.05) is 10.4 Å². The SMILES string of the molecule is Cc1c(-c2ccc(Cl)cc2)c(=O)oc2c(C[NH+]3CCC(C)CC3)c(O)ccc12. The summed E-state index contributed by atoms with van der Waals surface area (Å²) in [5.41, 5.74) is 3.03. The van der Waals surface area contributed by atoms with Crippen molar-refractivity contribution in [3.8, 4) is 16.9 Å². The van der Waals surface area contributed by atoms with Crippen molar-refractivity contribution < 1.29 is 14.4 Å². The van der Waals surface area contributed by atoms with E-state index in [1.165, 1.54) is 17.7 Å². The lowest BCUT2D eigenvalue weighted by Crippen LogP contribution is -3.11. The summed E-state index contributed by atoms with van der Waals surface area (Å²) in [6, 6.07) is 10.7. The molecule has 1 saturated heterocycles. The van der Waals surface area contributed by atoms with Gasteiger partial charge in [-0.2, -0.15) is 0 Å². The molecule has 0 radical (unpaired) electrons. The number of nitrogens with one attached hydrogen (secondary N) is 1. The van der Waals surface area contributed by atoms with Gasteiger partial charge in [-0.25, -0.2) is 4.79 Å². The molecular formula is C23H25ClNO3+. The zero-order chi connectivity index (χ0) is 19.8. The van der Waals surface area contributed by atoms with Crippen molar-refractivity contribution in [1.82, 2.24) is 0 Å².